The highest BCUT2D eigenvalue weighted by Crippen LogP contribution is 2.18. The van der Waals surface area contributed by atoms with Gasteiger partial charge in [0.25, 0.3) is 0 Å². The van der Waals surface area contributed by atoms with Crippen LogP contribution >= 0.6 is 24.0 Å². The molecular formula is C23H33IN4O3. The molecule has 0 saturated heterocycles. The van der Waals surface area contributed by atoms with Gasteiger partial charge in [-0.05, 0) is 37.1 Å². The van der Waals surface area contributed by atoms with Crippen molar-refractivity contribution in [3.05, 3.63) is 59.7 Å². The van der Waals surface area contributed by atoms with E-state index in [2.05, 4.69) is 15.6 Å². The van der Waals surface area contributed by atoms with Gasteiger partial charge in [-0.3, -0.25) is 4.79 Å². The van der Waals surface area contributed by atoms with Crippen LogP contribution in [0.3, 0.4) is 0 Å². The van der Waals surface area contributed by atoms with Crippen molar-refractivity contribution >= 4 is 35.8 Å². The number of ether oxygens (including phenoxy) is 2. The summed E-state index contributed by atoms with van der Waals surface area (Å²) in [7, 11) is 5.12. The Bertz CT molecular complexity index is 826. The van der Waals surface area contributed by atoms with Crippen molar-refractivity contribution in [3.63, 3.8) is 0 Å². The standard InChI is InChI=1S/C23H32N4O3.HI/c1-5-30-21-9-7-6-8-19(21)16-25-23(26-17-22(28)27(2)3)24-15-14-18-10-12-20(29-4)13-11-18;/h6-13H,5,14-17H2,1-4H3,(H2,24,25,26);1H. The van der Waals surface area contributed by atoms with Gasteiger partial charge < -0.3 is 25.0 Å². The molecule has 0 spiro atoms. The highest BCUT2D eigenvalue weighted by Gasteiger charge is 2.07. The van der Waals surface area contributed by atoms with E-state index in [1.54, 1.807) is 26.1 Å². The lowest BCUT2D eigenvalue weighted by atomic mass is 10.1. The van der Waals surface area contributed by atoms with E-state index in [-0.39, 0.29) is 36.4 Å². The molecule has 0 aliphatic rings. The molecule has 0 heterocycles. The molecule has 170 valence electrons. The number of guanidine groups is 1. The van der Waals surface area contributed by atoms with Gasteiger partial charge in [0.2, 0.25) is 5.91 Å². The topological polar surface area (TPSA) is 75.2 Å². The molecule has 0 aliphatic heterocycles. The number of para-hydroxylation sites is 1. The summed E-state index contributed by atoms with van der Waals surface area (Å²) in [6.45, 7) is 3.87. The molecule has 0 unspecified atom stereocenters. The van der Waals surface area contributed by atoms with Crippen LogP contribution in [0.15, 0.2) is 53.5 Å². The zero-order valence-corrected chi connectivity index (χ0v) is 21.0. The SMILES string of the molecule is CCOc1ccccc1CN=C(NCCc1ccc(OC)cc1)NCC(=O)N(C)C.I. The van der Waals surface area contributed by atoms with E-state index in [0.29, 0.717) is 25.7 Å². The van der Waals surface area contributed by atoms with Gasteiger partial charge in [0.15, 0.2) is 5.96 Å². The van der Waals surface area contributed by atoms with Crippen LogP contribution in [-0.4, -0.2) is 57.7 Å². The smallest absolute Gasteiger partial charge is 0.241 e. The summed E-state index contributed by atoms with van der Waals surface area (Å²) in [5.74, 6) is 2.23. The third-order valence-electron chi connectivity index (χ3n) is 4.45. The van der Waals surface area contributed by atoms with Gasteiger partial charge >= 0.3 is 0 Å². The zero-order valence-electron chi connectivity index (χ0n) is 18.7. The molecule has 2 N–H and O–H groups in total. The number of benzene rings is 2. The molecule has 2 aromatic carbocycles. The third-order valence-corrected chi connectivity index (χ3v) is 4.45. The molecule has 1 amide bonds. The van der Waals surface area contributed by atoms with E-state index in [4.69, 9.17) is 9.47 Å². The van der Waals surface area contributed by atoms with Crippen LogP contribution in [-0.2, 0) is 17.8 Å². The summed E-state index contributed by atoms with van der Waals surface area (Å²) in [5, 5.41) is 6.42. The summed E-state index contributed by atoms with van der Waals surface area (Å²) in [6, 6.07) is 15.8. The number of methoxy groups -OCH3 is 1. The largest absolute Gasteiger partial charge is 0.497 e. The number of amides is 1. The first kappa shape index (κ1) is 26.5. The van der Waals surface area contributed by atoms with Crippen LogP contribution in [0, 0.1) is 0 Å². The van der Waals surface area contributed by atoms with Crippen molar-refractivity contribution in [3.8, 4) is 11.5 Å². The first-order chi connectivity index (χ1) is 14.5. The Morgan fingerprint density at radius 3 is 2.42 bits per heavy atom. The Kier molecular flexibility index (Phi) is 12.4. The number of hydrogen-bond donors (Lipinski definition) is 2. The minimum Gasteiger partial charge on any atom is -0.497 e. The molecule has 2 aromatic rings. The number of likely N-dealkylation sites (N-methyl/N-ethyl adjacent to an activating group) is 1. The zero-order chi connectivity index (χ0) is 21.8. The maximum Gasteiger partial charge on any atom is 0.241 e. The van der Waals surface area contributed by atoms with Crippen LogP contribution in [0.2, 0.25) is 0 Å². The van der Waals surface area contributed by atoms with Crippen LogP contribution in [0.25, 0.3) is 0 Å². The van der Waals surface area contributed by atoms with E-state index in [1.807, 2.05) is 55.5 Å². The first-order valence-electron chi connectivity index (χ1n) is 10.1. The monoisotopic (exact) mass is 540 g/mol. The van der Waals surface area contributed by atoms with Crippen molar-refractivity contribution in [2.45, 2.75) is 19.9 Å². The Hall–Kier alpha value is -2.49. The predicted octanol–water partition coefficient (Wildman–Crippen LogP) is 3.08. The number of carbonyl (C=O) groups is 1. The van der Waals surface area contributed by atoms with Crippen molar-refractivity contribution < 1.29 is 14.3 Å². The fourth-order valence-corrected chi connectivity index (χ4v) is 2.70. The fourth-order valence-electron chi connectivity index (χ4n) is 2.70. The number of rotatable bonds is 10. The molecule has 0 saturated carbocycles. The van der Waals surface area contributed by atoms with Gasteiger partial charge in [-0.2, -0.15) is 0 Å². The van der Waals surface area contributed by atoms with Gasteiger partial charge in [0, 0.05) is 26.2 Å². The molecule has 31 heavy (non-hydrogen) atoms. The number of halogens is 1. The van der Waals surface area contributed by atoms with E-state index in [9.17, 15) is 4.79 Å². The lowest BCUT2D eigenvalue weighted by Crippen LogP contribution is -2.43. The van der Waals surface area contributed by atoms with Gasteiger partial charge in [-0.15, -0.1) is 24.0 Å². The number of nitrogens with zero attached hydrogens (tertiary/aromatic N) is 2. The molecule has 7 nitrogen and oxygen atoms in total. The third kappa shape index (κ3) is 9.46. The second-order valence-corrected chi connectivity index (χ2v) is 6.87. The Balaban J connectivity index is 0.00000480. The summed E-state index contributed by atoms with van der Waals surface area (Å²) in [5.41, 5.74) is 2.18. The number of carbonyl (C=O) groups excluding carboxylic acids is 1. The van der Waals surface area contributed by atoms with Crippen molar-refractivity contribution in [1.82, 2.24) is 15.5 Å². The Morgan fingerprint density at radius 2 is 1.77 bits per heavy atom. The number of nitrogens with one attached hydrogen (secondary N) is 2. The van der Waals surface area contributed by atoms with Crippen LogP contribution in [0.1, 0.15) is 18.1 Å². The highest BCUT2D eigenvalue weighted by atomic mass is 127. The number of hydrogen-bond acceptors (Lipinski definition) is 4. The minimum absolute atomic E-state index is 0. The Morgan fingerprint density at radius 1 is 1.06 bits per heavy atom. The second-order valence-electron chi connectivity index (χ2n) is 6.87. The predicted molar refractivity (Wildman–Crippen MR) is 136 cm³/mol. The number of aliphatic imine (C=N–C) groups is 1. The van der Waals surface area contributed by atoms with Crippen molar-refractivity contribution in [2.75, 3.05) is 40.9 Å². The maximum absolute atomic E-state index is 12.0. The molecule has 0 bridgehead atoms. The molecular weight excluding hydrogens is 507 g/mol. The van der Waals surface area contributed by atoms with Crippen LogP contribution in [0.4, 0.5) is 0 Å². The molecule has 8 heteroatoms. The van der Waals surface area contributed by atoms with Gasteiger partial charge in [-0.1, -0.05) is 30.3 Å². The fraction of sp³-hybridized carbons (Fsp3) is 0.391. The molecule has 0 atom stereocenters. The summed E-state index contributed by atoms with van der Waals surface area (Å²) >= 11 is 0. The summed E-state index contributed by atoms with van der Waals surface area (Å²) in [4.78, 5) is 18.2. The van der Waals surface area contributed by atoms with Gasteiger partial charge in [0.1, 0.15) is 11.5 Å². The minimum atomic E-state index is -0.0191. The molecule has 0 radical (unpaired) electrons. The molecule has 0 fully saturated rings. The first-order valence-corrected chi connectivity index (χ1v) is 10.1. The van der Waals surface area contributed by atoms with Crippen molar-refractivity contribution in [2.24, 2.45) is 4.99 Å². The average molecular weight is 540 g/mol. The summed E-state index contributed by atoms with van der Waals surface area (Å²) < 4.78 is 10.9. The molecule has 2 rings (SSSR count). The highest BCUT2D eigenvalue weighted by molar-refractivity contribution is 14.0. The lowest BCUT2D eigenvalue weighted by Gasteiger charge is -2.15. The Labute approximate surface area is 202 Å². The van der Waals surface area contributed by atoms with Crippen LogP contribution in [0.5, 0.6) is 11.5 Å². The lowest BCUT2D eigenvalue weighted by molar-refractivity contribution is -0.127. The quantitative estimate of drug-likeness (QED) is 0.275. The van der Waals surface area contributed by atoms with E-state index >= 15 is 0 Å². The van der Waals surface area contributed by atoms with Crippen molar-refractivity contribution in [1.29, 1.82) is 0 Å². The van der Waals surface area contributed by atoms with Gasteiger partial charge in [-0.25, -0.2) is 4.99 Å². The average Bonchev–Trinajstić information content (AvgIpc) is 2.76. The summed E-state index contributed by atoms with van der Waals surface area (Å²) in [6.07, 6.45) is 0.821. The van der Waals surface area contributed by atoms with E-state index in [0.717, 1.165) is 23.5 Å². The maximum atomic E-state index is 12.0. The second kappa shape index (κ2) is 14.5. The van der Waals surface area contributed by atoms with E-state index < -0.39 is 0 Å². The normalized spacial score (nSPS) is 10.6. The molecule has 0 aliphatic carbocycles. The van der Waals surface area contributed by atoms with Gasteiger partial charge in [0.05, 0.1) is 26.8 Å². The van der Waals surface area contributed by atoms with Crippen LogP contribution < -0.4 is 20.1 Å². The van der Waals surface area contributed by atoms with E-state index in [1.165, 1.54) is 5.56 Å². The molecule has 0 aromatic heterocycles.